The van der Waals surface area contributed by atoms with Crippen molar-refractivity contribution in [1.29, 1.82) is 0 Å². The monoisotopic (exact) mass is 535 g/mol. The van der Waals surface area contributed by atoms with Gasteiger partial charge in [0.1, 0.15) is 11.8 Å². The lowest BCUT2D eigenvalue weighted by Gasteiger charge is -2.23. The largest absolute Gasteiger partial charge is 0.425 e. The number of benzene rings is 1. The highest BCUT2D eigenvalue weighted by atomic mass is 16.5. The van der Waals surface area contributed by atoms with Crippen molar-refractivity contribution in [3.05, 3.63) is 42.2 Å². The Kier molecular flexibility index (Phi) is 14.0. The van der Waals surface area contributed by atoms with Gasteiger partial charge >= 0.3 is 5.97 Å². The van der Waals surface area contributed by atoms with E-state index in [1.165, 1.54) is 76.2 Å². The number of amides is 1. The topological polar surface area (TPSA) is 72.4 Å². The van der Waals surface area contributed by atoms with Crippen LogP contribution in [0.2, 0.25) is 0 Å². The molecule has 1 aliphatic rings. The van der Waals surface area contributed by atoms with Crippen molar-refractivity contribution >= 4 is 11.9 Å². The van der Waals surface area contributed by atoms with Gasteiger partial charge in [-0.15, -0.1) is 0 Å². The number of hydrogen-bond donors (Lipinski definition) is 0. The predicted octanol–water partition coefficient (Wildman–Crippen LogP) is 8.08. The number of ether oxygens (including phenoxy) is 1. The fraction of sp³-hybridized carbons (Fsp3) is 0.636. The van der Waals surface area contributed by atoms with E-state index in [0.717, 1.165) is 31.2 Å². The Hall–Kier alpha value is -2.76. The van der Waals surface area contributed by atoms with Crippen LogP contribution in [0.3, 0.4) is 0 Å². The van der Waals surface area contributed by atoms with Gasteiger partial charge in [-0.3, -0.25) is 4.79 Å². The van der Waals surface area contributed by atoms with Crippen molar-refractivity contribution in [2.45, 2.75) is 129 Å². The van der Waals surface area contributed by atoms with Gasteiger partial charge in [-0.2, -0.15) is 0 Å². The summed E-state index contributed by atoms with van der Waals surface area (Å²) in [6.45, 7) is 5.10. The van der Waals surface area contributed by atoms with E-state index in [4.69, 9.17) is 4.74 Å². The zero-order valence-electron chi connectivity index (χ0n) is 24.3. The van der Waals surface area contributed by atoms with E-state index in [1.54, 1.807) is 17.0 Å². The maximum absolute atomic E-state index is 12.9. The fourth-order valence-electron chi connectivity index (χ4n) is 5.29. The van der Waals surface area contributed by atoms with Crippen LogP contribution in [0.4, 0.5) is 0 Å². The molecule has 1 aromatic carbocycles. The van der Waals surface area contributed by atoms with E-state index in [1.807, 2.05) is 24.5 Å². The molecule has 214 valence electrons. The van der Waals surface area contributed by atoms with Gasteiger partial charge in [0, 0.05) is 30.9 Å². The average Bonchev–Trinajstić information content (AvgIpc) is 3.46. The van der Waals surface area contributed by atoms with Crippen molar-refractivity contribution in [3.8, 4) is 17.1 Å². The van der Waals surface area contributed by atoms with Gasteiger partial charge in [0.05, 0.1) is 0 Å². The van der Waals surface area contributed by atoms with Gasteiger partial charge in [-0.1, -0.05) is 84.5 Å². The molecule has 0 N–H and O–H groups in total. The Morgan fingerprint density at radius 3 is 2.05 bits per heavy atom. The highest BCUT2D eigenvalue weighted by molar-refractivity contribution is 5.86. The number of carbonyl (C=O) groups excluding carboxylic acids is 2. The summed E-state index contributed by atoms with van der Waals surface area (Å²) in [7, 11) is 0. The van der Waals surface area contributed by atoms with Gasteiger partial charge in [-0.25, -0.2) is 14.8 Å². The summed E-state index contributed by atoms with van der Waals surface area (Å²) in [5.74, 6) is 0.881. The van der Waals surface area contributed by atoms with Gasteiger partial charge in [-0.05, 0) is 61.9 Å². The molecule has 1 aromatic heterocycles. The molecule has 0 radical (unpaired) electrons. The first-order valence-corrected chi connectivity index (χ1v) is 15.5. The predicted molar refractivity (Wildman–Crippen MR) is 158 cm³/mol. The molecule has 0 aliphatic carbocycles. The van der Waals surface area contributed by atoms with Crippen molar-refractivity contribution < 1.29 is 14.3 Å². The smallest absolute Gasteiger partial charge is 0.334 e. The minimum atomic E-state index is -0.482. The van der Waals surface area contributed by atoms with Gasteiger partial charge in [0.2, 0.25) is 5.91 Å². The van der Waals surface area contributed by atoms with E-state index in [-0.39, 0.29) is 11.9 Å². The first kappa shape index (κ1) is 30.8. The van der Waals surface area contributed by atoms with Gasteiger partial charge in [0.15, 0.2) is 5.82 Å². The number of unbranched alkanes of at least 4 members (excludes halogenated alkanes) is 11. The van der Waals surface area contributed by atoms with E-state index >= 15 is 0 Å². The third-order valence-electron chi connectivity index (χ3n) is 7.69. The molecule has 3 rings (SSSR count). The van der Waals surface area contributed by atoms with Gasteiger partial charge < -0.3 is 9.64 Å². The molecule has 2 aromatic rings. The molecule has 0 unspecified atom stereocenters. The third kappa shape index (κ3) is 10.7. The molecule has 1 saturated heterocycles. The first-order valence-electron chi connectivity index (χ1n) is 15.5. The summed E-state index contributed by atoms with van der Waals surface area (Å²) >= 11 is 0. The molecule has 1 aliphatic heterocycles. The summed E-state index contributed by atoms with van der Waals surface area (Å²) in [5.41, 5.74) is 2.05. The lowest BCUT2D eigenvalue weighted by Crippen LogP contribution is -2.42. The molecule has 1 atom stereocenters. The lowest BCUT2D eigenvalue weighted by molar-refractivity contribution is -0.146. The average molecular weight is 536 g/mol. The maximum Gasteiger partial charge on any atom is 0.334 e. The molecule has 1 fully saturated rings. The van der Waals surface area contributed by atoms with Crippen LogP contribution in [-0.4, -0.2) is 39.3 Å². The minimum absolute atomic E-state index is 0.0791. The Balaban J connectivity index is 1.42. The highest BCUT2D eigenvalue weighted by Gasteiger charge is 2.35. The molecule has 6 heteroatoms. The lowest BCUT2D eigenvalue weighted by atomic mass is 10.1. The van der Waals surface area contributed by atoms with Crippen molar-refractivity contribution in [2.75, 3.05) is 6.54 Å². The van der Waals surface area contributed by atoms with Crippen LogP contribution in [0.25, 0.3) is 11.4 Å². The SMILES string of the molecule is CCCCCCCCCC(=O)N1CCC[C@H]1C(=O)Oc1ccc(-c2ncc(CCCCCCCC)cn2)cc1. The second kappa shape index (κ2) is 17.8. The number of nitrogens with zero attached hydrogens (tertiary/aromatic N) is 3. The van der Waals surface area contributed by atoms with Crippen molar-refractivity contribution in [3.63, 3.8) is 0 Å². The molecule has 0 bridgehead atoms. The number of carbonyl (C=O) groups is 2. The number of esters is 1. The first-order chi connectivity index (χ1) is 19.1. The summed E-state index contributed by atoms with van der Waals surface area (Å²) < 4.78 is 5.67. The van der Waals surface area contributed by atoms with Crippen molar-refractivity contribution in [2.24, 2.45) is 0 Å². The van der Waals surface area contributed by atoms with E-state index in [2.05, 4.69) is 23.8 Å². The van der Waals surface area contributed by atoms with Crippen LogP contribution in [0, 0.1) is 0 Å². The standard InChI is InChI=1S/C33H49N3O3/c1-3-5-7-9-11-13-15-19-31(37)36-24-16-18-30(36)33(38)39-29-22-20-28(21-23-29)32-34-25-27(26-35-32)17-14-12-10-8-6-4-2/h20-23,25-26,30H,3-19,24H2,1-2H3/t30-/m0/s1. The van der Waals surface area contributed by atoms with Gasteiger partial charge in [0.25, 0.3) is 0 Å². The molecule has 6 nitrogen and oxygen atoms in total. The zero-order valence-corrected chi connectivity index (χ0v) is 24.3. The number of hydrogen-bond acceptors (Lipinski definition) is 5. The third-order valence-corrected chi connectivity index (χ3v) is 7.69. The molecule has 0 spiro atoms. The number of aryl methyl sites for hydroxylation is 1. The van der Waals surface area contributed by atoms with Crippen LogP contribution < -0.4 is 4.74 Å². The fourth-order valence-corrected chi connectivity index (χ4v) is 5.29. The summed E-state index contributed by atoms with van der Waals surface area (Å²) in [5, 5.41) is 0. The van der Waals surface area contributed by atoms with Crippen LogP contribution in [0.15, 0.2) is 36.7 Å². The highest BCUT2D eigenvalue weighted by Crippen LogP contribution is 2.24. The van der Waals surface area contributed by atoms with Crippen LogP contribution in [0.1, 0.15) is 122 Å². The Bertz CT molecular complexity index is 975. The number of likely N-dealkylation sites (tertiary alicyclic amines) is 1. The van der Waals surface area contributed by atoms with E-state index in [0.29, 0.717) is 31.0 Å². The molecule has 0 saturated carbocycles. The molecule has 2 heterocycles. The Morgan fingerprint density at radius 1 is 0.821 bits per heavy atom. The quantitative estimate of drug-likeness (QED) is 0.110. The second-order valence-corrected chi connectivity index (χ2v) is 11.0. The van der Waals surface area contributed by atoms with Crippen LogP contribution in [0.5, 0.6) is 5.75 Å². The van der Waals surface area contributed by atoms with E-state index in [9.17, 15) is 9.59 Å². The summed E-state index contributed by atoms with van der Waals surface area (Å²) in [6, 6.07) is 6.83. The minimum Gasteiger partial charge on any atom is -0.425 e. The zero-order chi connectivity index (χ0) is 27.7. The van der Waals surface area contributed by atoms with Crippen LogP contribution >= 0.6 is 0 Å². The number of aromatic nitrogens is 2. The normalized spacial score (nSPS) is 15.0. The molecular weight excluding hydrogens is 486 g/mol. The molecular formula is C33H49N3O3. The maximum atomic E-state index is 12.9. The van der Waals surface area contributed by atoms with Crippen LogP contribution in [-0.2, 0) is 16.0 Å². The molecule has 39 heavy (non-hydrogen) atoms. The summed E-state index contributed by atoms with van der Waals surface area (Å²) in [6.07, 6.45) is 22.8. The Morgan fingerprint density at radius 2 is 1.41 bits per heavy atom. The number of rotatable bonds is 18. The van der Waals surface area contributed by atoms with Crippen molar-refractivity contribution in [1.82, 2.24) is 14.9 Å². The Labute approximate surface area is 236 Å². The second-order valence-electron chi connectivity index (χ2n) is 11.0. The van der Waals surface area contributed by atoms with E-state index < -0.39 is 6.04 Å². The summed E-state index contributed by atoms with van der Waals surface area (Å²) in [4.78, 5) is 36.5. The molecule has 1 amide bonds.